The van der Waals surface area contributed by atoms with E-state index in [0.717, 1.165) is 19.7 Å². The van der Waals surface area contributed by atoms with Gasteiger partial charge in [0, 0.05) is 4.90 Å². The number of benzene rings is 2. The number of nitrogens with one attached hydrogen (secondary N) is 1. The predicted octanol–water partition coefficient (Wildman–Crippen LogP) is 4.39. The number of fused-ring (bicyclic) bond motifs is 1. The van der Waals surface area contributed by atoms with Crippen molar-refractivity contribution >= 4 is 52.0 Å². The van der Waals surface area contributed by atoms with Gasteiger partial charge < -0.3 is 14.8 Å². The number of hydrogen-bond acceptors (Lipinski definition) is 4. The summed E-state index contributed by atoms with van der Waals surface area (Å²) >= 11 is 3.66. The SMILES string of the molecule is COc1cc(/C=C2\Sc3ccccc3NC2=O)cc(I)c1OC. The Balaban J connectivity index is 1.99. The van der Waals surface area contributed by atoms with Crippen LogP contribution in [0.15, 0.2) is 46.2 Å². The summed E-state index contributed by atoms with van der Waals surface area (Å²) in [5.74, 6) is 1.24. The maximum absolute atomic E-state index is 12.3. The quantitative estimate of drug-likeness (QED) is 0.569. The molecular formula is C17H14INO3S. The van der Waals surface area contributed by atoms with E-state index in [1.54, 1.807) is 14.2 Å². The zero-order chi connectivity index (χ0) is 16.4. The molecule has 1 amide bonds. The van der Waals surface area contributed by atoms with Crippen molar-refractivity contribution < 1.29 is 14.3 Å². The Bertz CT molecular complexity index is 804. The second-order valence-corrected chi connectivity index (χ2v) is 7.05. The van der Waals surface area contributed by atoms with E-state index in [-0.39, 0.29) is 5.91 Å². The highest BCUT2D eigenvalue weighted by Crippen LogP contribution is 2.40. The number of para-hydroxylation sites is 1. The Kier molecular flexibility index (Phi) is 4.82. The minimum atomic E-state index is -0.0986. The topological polar surface area (TPSA) is 47.6 Å². The Morgan fingerprint density at radius 2 is 1.96 bits per heavy atom. The lowest BCUT2D eigenvalue weighted by Crippen LogP contribution is -2.17. The summed E-state index contributed by atoms with van der Waals surface area (Å²) in [6.45, 7) is 0. The largest absolute Gasteiger partial charge is 0.493 e. The third kappa shape index (κ3) is 3.32. The molecular weight excluding hydrogens is 425 g/mol. The number of methoxy groups -OCH3 is 2. The van der Waals surface area contributed by atoms with Gasteiger partial charge in [0.15, 0.2) is 11.5 Å². The summed E-state index contributed by atoms with van der Waals surface area (Å²) in [4.78, 5) is 13.9. The van der Waals surface area contributed by atoms with E-state index in [2.05, 4.69) is 27.9 Å². The first-order chi connectivity index (χ1) is 11.1. The van der Waals surface area contributed by atoms with Gasteiger partial charge in [-0.15, -0.1) is 0 Å². The van der Waals surface area contributed by atoms with E-state index in [0.29, 0.717) is 16.4 Å². The van der Waals surface area contributed by atoms with Gasteiger partial charge in [-0.1, -0.05) is 23.9 Å². The highest BCUT2D eigenvalue weighted by Gasteiger charge is 2.21. The van der Waals surface area contributed by atoms with Gasteiger partial charge in [0.25, 0.3) is 5.91 Å². The van der Waals surface area contributed by atoms with E-state index < -0.39 is 0 Å². The Hall–Kier alpha value is -1.67. The fraction of sp³-hybridized carbons (Fsp3) is 0.118. The minimum Gasteiger partial charge on any atom is -0.493 e. The maximum Gasteiger partial charge on any atom is 0.262 e. The Labute approximate surface area is 152 Å². The number of rotatable bonds is 3. The molecule has 1 aliphatic heterocycles. The molecule has 6 heteroatoms. The first-order valence-electron chi connectivity index (χ1n) is 6.84. The molecule has 0 unspecified atom stereocenters. The molecule has 1 heterocycles. The van der Waals surface area contributed by atoms with Gasteiger partial charge >= 0.3 is 0 Å². The zero-order valence-electron chi connectivity index (χ0n) is 12.6. The van der Waals surface area contributed by atoms with Crippen LogP contribution in [-0.4, -0.2) is 20.1 Å². The van der Waals surface area contributed by atoms with Crippen LogP contribution in [-0.2, 0) is 4.79 Å². The average molecular weight is 439 g/mol. The molecule has 0 saturated heterocycles. The molecule has 0 bridgehead atoms. The molecule has 3 rings (SSSR count). The lowest BCUT2D eigenvalue weighted by Gasteiger charge is -2.18. The molecule has 118 valence electrons. The highest BCUT2D eigenvalue weighted by molar-refractivity contribution is 14.1. The van der Waals surface area contributed by atoms with Gasteiger partial charge in [-0.25, -0.2) is 0 Å². The maximum atomic E-state index is 12.3. The summed E-state index contributed by atoms with van der Waals surface area (Å²) in [6, 6.07) is 11.6. The second kappa shape index (κ2) is 6.84. The van der Waals surface area contributed by atoms with Gasteiger partial charge in [0.05, 0.1) is 28.4 Å². The number of ether oxygens (including phenoxy) is 2. The minimum absolute atomic E-state index is 0.0986. The van der Waals surface area contributed by atoms with Crippen LogP contribution in [0.5, 0.6) is 11.5 Å². The van der Waals surface area contributed by atoms with Crippen LogP contribution in [0.2, 0.25) is 0 Å². The summed E-state index contributed by atoms with van der Waals surface area (Å²) in [5, 5.41) is 2.91. The van der Waals surface area contributed by atoms with Gasteiger partial charge in [0.2, 0.25) is 0 Å². The normalized spacial score (nSPS) is 15.1. The number of hydrogen-bond donors (Lipinski definition) is 1. The van der Waals surface area contributed by atoms with Gasteiger partial charge in [-0.3, -0.25) is 4.79 Å². The van der Waals surface area contributed by atoms with Crippen LogP contribution < -0.4 is 14.8 Å². The molecule has 4 nitrogen and oxygen atoms in total. The predicted molar refractivity (Wildman–Crippen MR) is 101 cm³/mol. The van der Waals surface area contributed by atoms with Gasteiger partial charge in [-0.2, -0.15) is 0 Å². The van der Waals surface area contributed by atoms with Crippen molar-refractivity contribution in [3.8, 4) is 11.5 Å². The number of anilines is 1. The van der Waals surface area contributed by atoms with Crippen molar-refractivity contribution in [2.24, 2.45) is 0 Å². The van der Waals surface area contributed by atoms with Crippen molar-refractivity contribution in [2.75, 3.05) is 19.5 Å². The fourth-order valence-corrected chi connectivity index (χ4v) is 4.07. The third-order valence-corrected chi connectivity index (χ3v) is 5.23. The molecule has 0 spiro atoms. The molecule has 1 aliphatic rings. The molecule has 0 atom stereocenters. The first kappa shape index (κ1) is 16.2. The highest BCUT2D eigenvalue weighted by atomic mass is 127. The Morgan fingerprint density at radius 1 is 1.17 bits per heavy atom. The molecule has 2 aromatic rings. The van der Waals surface area contributed by atoms with E-state index >= 15 is 0 Å². The van der Waals surface area contributed by atoms with Gasteiger partial charge in [0.1, 0.15) is 0 Å². The summed E-state index contributed by atoms with van der Waals surface area (Å²) < 4.78 is 11.6. The van der Waals surface area contributed by atoms with Crippen molar-refractivity contribution in [2.45, 2.75) is 4.90 Å². The lowest BCUT2D eigenvalue weighted by atomic mass is 10.2. The summed E-state index contributed by atoms with van der Waals surface area (Å²) in [5.41, 5.74) is 1.74. The summed E-state index contributed by atoms with van der Waals surface area (Å²) in [7, 11) is 3.21. The third-order valence-electron chi connectivity index (χ3n) is 3.33. The van der Waals surface area contributed by atoms with Crippen molar-refractivity contribution in [1.29, 1.82) is 0 Å². The second-order valence-electron chi connectivity index (χ2n) is 4.80. The molecule has 0 aromatic heterocycles. The van der Waals surface area contributed by atoms with Gasteiger partial charge in [-0.05, 0) is 58.5 Å². The average Bonchev–Trinajstić information content (AvgIpc) is 2.55. The molecule has 0 aliphatic carbocycles. The van der Waals surface area contributed by atoms with Crippen LogP contribution in [0.3, 0.4) is 0 Å². The molecule has 0 fully saturated rings. The van der Waals surface area contributed by atoms with Crippen molar-refractivity contribution in [3.05, 3.63) is 50.4 Å². The van der Waals surface area contributed by atoms with Crippen LogP contribution in [0.1, 0.15) is 5.56 Å². The van der Waals surface area contributed by atoms with Crippen molar-refractivity contribution in [1.82, 2.24) is 0 Å². The standard InChI is InChI=1S/C17H14INO3S/c1-21-13-8-10(7-11(18)16(13)22-2)9-15-17(20)19-12-5-3-4-6-14(12)23-15/h3-9H,1-2H3,(H,19,20)/b15-9-. The van der Waals surface area contributed by atoms with E-state index in [9.17, 15) is 4.79 Å². The molecule has 2 aromatic carbocycles. The first-order valence-corrected chi connectivity index (χ1v) is 8.73. The number of amides is 1. The monoisotopic (exact) mass is 439 g/mol. The van der Waals surface area contributed by atoms with E-state index in [1.165, 1.54) is 11.8 Å². The van der Waals surface area contributed by atoms with Crippen LogP contribution >= 0.6 is 34.4 Å². The molecule has 0 radical (unpaired) electrons. The number of carbonyl (C=O) groups excluding carboxylic acids is 1. The lowest BCUT2D eigenvalue weighted by molar-refractivity contribution is -0.112. The van der Waals surface area contributed by atoms with Crippen LogP contribution in [0.25, 0.3) is 6.08 Å². The van der Waals surface area contributed by atoms with Crippen LogP contribution in [0.4, 0.5) is 5.69 Å². The van der Waals surface area contributed by atoms with E-state index in [1.807, 2.05) is 42.5 Å². The summed E-state index contributed by atoms with van der Waals surface area (Å²) in [6.07, 6.45) is 1.86. The number of thioether (sulfide) groups is 1. The fourth-order valence-electron chi connectivity index (χ4n) is 2.28. The number of halogens is 1. The van der Waals surface area contributed by atoms with Crippen LogP contribution in [0, 0.1) is 3.57 Å². The van der Waals surface area contributed by atoms with E-state index in [4.69, 9.17) is 9.47 Å². The Morgan fingerprint density at radius 3 is 2.70 bits per heavy atom. The zero-order valence-corrected chi connectivity index (χ0v) is 15.5. The smallest absolute Gasteiger partial charge is 0.262 e. The number of carbonyl (C=O) groups is 1. The molecule has 1 N–H and O–H groups in total. The molecule has 0 saturated carbocycles. The molecule has 23 heavy (non-hydrogen) atoms. The van der Waals surface area contributed by atoms with Crippen molar-refractivity contribution in [3.63, 3.8) is 0 Å².